The van der Waals surface area contributed by atoms with Crippen LogP contribution in [0.3, 0.4) is 0 Å². The van der Waals surface area contributed by atoms with E-state index in [-0.39, 0.29) is 18.0 Å². The molecular formula is C19H24N2O3. The molecular weight excluding hydrogens is 304 g/mol. The van der Waals surface area contributed by atoms with Crippen molar-refractivity contribution in [3.8, 4) is 12.3 Å². The van der Waals surface area contributed by atoms with Crippen LogP contribution in [-0.4, -0.2) is 53.1 Å². The Morgan fingerprint density at radius 1 is 1.25 bits per heavy atom. The molecule has 1 fully saturated rings. The Labute approximate surface area is 143 Å². The molecule has 0 bridgehead atoms. The Morgan fingerprint density at radius 3 is 2.50 bits per heavy atom. The average Bonchev–Trinajstić information content (AvgIpc) is 2.52. The molecule has 0 spiro atoms. The number of hydrogen-bond donors (Lipinski definition) is 0. The molecule has 0 unspecified atom stereocenters. The zero-order valence-electron chi connectivity index (χ0n) is 14.7. The van der Waals surface area contributed by atoms with Crippen molar-refractivity contribution in [2.75, 3.05) is 19.6 Å². The fraction of sp³-hybridized carbons (Fsp3) is 0.474. The first-order chi connectivity index (χ1) is 11.2. The number of carbonyl (C=O) groups excluding carboxylic acids is 2. The highest BCUT2D eigenvalue weighted by atomic mass is 16.6. The lowest BCUT2D eigenvalue weighted by atomic mass is 10.0. The fourth-order valence-corrected chi connectivity index (χ4v) is 2.70. The minimum atomic E-state index is -0.529. The monoisotopic (exact) mass is 328 g/mol. The van der Waals surface area contributed by atoms with E-state index in [9.17, 15) is 9.59 Å². The zero-order chi connectivity index (χ0) is 17.9. The molecule has 0 N–H and O–H groups in total. The van der Waals surface area contributed by atoms with Crippen molar-refractivity contribution in [3.05, 3.63) is 35.4 Å². The van der Waals surface area contributed by atoms with Gasteiger partial charge >= 0.3 is 6.09 Å². The summed E-state index contributed by atoms with van der Waals surface area (Å²) in [4.78, 5) is 28.4. The van der Waals surface area contributed by atoms with Gasteiger partial charge in [-0.05, 0) is 39.8 Å². The molecule has 0 aromatic heterocycles. The van der Waals surface area contributed by atoms with E-state index in [1.54, 1.807) is 28.0 Å². The summed E-state index contributed by atoms with van der Waals surface area (Å²) >= 11 is 0. The lowest BCUT2D eigenvalue weighted by Crippen LogP contribution is -2.56. The van der Waals surface area contributed by atoms with Crippen LogP contribution in [0, 0.1) is 12.3 Å². The van der Waals surface area contributed by atoms with Gasteiger partial charge in [-0.1, -0.05) is 18.1 Å². The lowest BCUT2D eigenvalue weighted by molar-refractivity contribution is 0.00616. The number of ether oxygens (including phenoxy) is 1. The molecule has 2 rings (SSSR count). The molecule has 5 nitrogen and oxygen atoms in total. The largest absolute Gasteiger partial charge is 0.444 e. The average molecular weight is 328 g/mol. The normalized spacial score (nSPS) is 18.0. The molecule has 0 radical (unpaired) electrons. The number of rotatable bonds is 1. The van der Waals surface area contributed by atoms with Crippen LogP contribution in [0.15, 0.2) is 24.3 Å². The van der Waals surface area contributed by atoms with E-state index < -0.39 is 5.60 Å². The van der Waals surface area contributed by atoms with Crippen molar-refractivity contribution in [2.45, 2.75) is 39.3 Å². The van der Waals surface area contributed by atoms with Gasteiger partial charge < -0.3 is 14.5 Å². The third-order valence-electron chi connectivity index (χ3n) is 3.85. The predicted octanol–water partition coefficient (Wildman–Crippen LogP) is 2.75. The standard InChI is InChI=1S/C19H24N2O3/c1-6-15-9-7-8-10-16(15)17(22)21-12-11-20(13-14(21)2)18(23)24-19(3,4)5/h1,7-10,14H,11-13H2,2-5H3/t14-/m0/s1. The minimum Gasteiger partial charge on any atom is -0.444 e. The van der Waals surface area contributed by atoms with Crippen LogP contribution < -0.4 is 0 Å². The van der Waals surface area contributed by atoms with E-state index in [2.05, 4.69) is 5.92 Å². The van der Waals surface area contributed by atoms with Gasteiger partial charge in [0.1, 0.15) is 5.60 Å². The Bertz CT molecular complexity index is 670. The first kappa shape index (κ1) is 17.9. The van der Waals surface area contributed by atoms with Crippen LogP contribution in [0.2, 0.25) is 0 Å². The second-order valence-corrected chi connectivity index (χ2v) is 6.96. The number of hydrogen-bond acceptors (Lipinski definition) is 3. The topological polar surface area (TPSA) is 49.9 Å². The van der Waals surface area contributed by atoms with Crippen LogP contribution in [-0.2, 0) is 4.74 Å². The summed E-state index contributed by atoms with van der Waals surface area (Å²) in [7, 11) is 0. The van der Waals surface area contributed by atoms with Crippen LogP contribution >= 0.6 is 0 Å². The van der Waals surface area contributed by atoms with Crippen molar-refractivity contribution in [3.63, 3.8) is 0 Å². The van der Waals surface area contributed by atoms with E-state index >= 15 is 0 Å². The van der Waals surface area contributed by atoms with Gasteiger partial charge in [-0.3, -0.25) is 4.79 Å². The highest BCUT2D eigenvalue weighted by Gasteiger charge is 2.32. The molecule has 128 valence electrons. The molecule has 1 aliphatic rings. The summed E-state index contributed by atoms with van der Waals surface area (Å²) in [6.45, 7) is 8.79. The van der Waals surface area contributed by atoms with E-state index in [0.717, 1.165) is 0 Å². The molecule has 1 atom stereocenters. The Balaban J connectivity index is 2.07. The molecule has 1 saturated heterocycles. The van der Waals surface area contributed by atoms with Gasteiger partial charge in [0.05, 0.1) is 5.56 Å². The number of terminal acetylenes is 1. The second-order valence-electron chi connectivity index (χ2n) is 6.96. The molecule has 24 heavy (non-hydrogen) atoms. The Morgan fingerprint density at radius 2 is 1.92 bits per heavy atom. The first-order valence-electron chi connectivity index (χ1n) is 8.07. The molecule has 1 heterocycles. The van der Waals surface area contributed by atoms with Crippen molar-refractivity contribution < 1.29 is 14.3 Å². The number of amides is 2. The van der Waals surface area contributed by atoms with Crippen molar-refractivity contribution in [1.82, 2.24) is 9.80 Å². The number of benzene rings is 1. The van der Waals surface area contributed by atoms with Gasteiger partial charge in [0.2, 0.25) is 0 Å². The van der Waals surface area contributed by atoms with E-state index in [4.69, 9.17) is 11.2 Å². The summed E-state index contributed by atoms with van der Waals surface area (Å²) in [5, 5.41) is 0. The minimum absolute atomic E-state index is 0.0973. The molecule has 5 heteroatoms. The zero-order valence-corrected chi connectivity index (χ0v) is 14.7. The van der Waals surface area contributed by atoms with E-state index in [1.807, 2.05) is 33.8 Å². The van der Waals surface area contributed by atoms with E-state index in [0.29, 0.717) is 30.8 Å². The summed E-state index contributed by atoms with van der Waals surface area (Å²) in [5.74, 6) is 2.45. The van der Waals surface area contributed by atoms with Gasteiger partial charge in [-0.2, -0.15) is 0 Å². The van der Waals surface area contributed by atoms with Gasteiger partial charge in [0.15, 0.2) is 0 Å². The maximum Gasteiger partial charge on any atom is 0.410 e. The number of carbonyl (C=O) groups is 2. The maximum atomic E-state index is 12.8. The number of piperazine rings is 1. The quantitative estimate of drug-likeness (QED) is 0.745. The van der Waals surface area contributed by atoms with Gasteiger partial charge in [0.25, 0.3) is 5.91 Å². The summed E-state index contributed by atoms with van der Waals surface area (Å²) in [6.07, 6.45) is 5.14. The smallest absolute Gasteiger partial charge is 0.410 e. The van der Waals surface area contributed by atoms with Crippen molar-refractivity contribution in [2.24, 2.45) is 0 Å². The second kappa shape index (κ2) is 6.96. The molecule has 0 saturated carbocycles. The first-order valence-corrected chi connectivity index (χ1v) is 8.07. The summed E-state index contributed by atoms with van der Waals surface area (Å²) < 4.78 is 5.40. The fourth-order valence-electron chi connectivity index (χ4n) is 2.70. The molecule has 2 amide bonds. The highest BCUT2D eigenvalue weighted by molar-refractivity contribution is 5.97. The highest BCUT2D eigenvalue weighted by Crippen LogP contribution is 2.18. The Kier molecular flexibility index (Phi) is 5.18. The number of nitrogens with zero attached hydrogens (tertiary/aromatic N) is 2. The van der Waals surface area contributed by atoms with Crippen LogP contribution in [0.5, 0.6) is 0 Å². The van der Waals surface area contributed by atoms with E-state index in [1.165, 1.54) is 0 Å². The lowest BCUT2D eigenvalue weighted by Gasteiger charge is -2.40. The summed E-state index contributed by atoms with van der Waals surface area (Å²) in [6, 6.07) is 7.01. The van der Waals surface area contributed by atoms with Crippen LogP contribution in [0.25, 0.3) is 0 Å². The third kappa shape index (κ3) is 4.08. The molecule has 1 aromatic rings. The van der Waals surface area contributed by atoms with Crippen molar-refractivity contribution in [1.29, 1.82) is 0 Å². The third-order valence-corrected chi connectivity index (χ3v) is 3.85. The van der Waals surface area contributed by atoms with Gasteiger partial charge in [-0.15, -0.1) is 6.42 Å². The SMILES string of the molecule is C#Cc1ccccc1C(=O)N1CCN(C(=O)OC(C)(C)C)C[C@@H]1C. The van der Waals surface area contributed by atoms with Gasteiger partial charge in [-0.25, -0.2) is 4.79 Å². The molecule has 1 aliphatic heterocycles. The Hall–Kier alpha value is -2.48. The van der Waals surface area contributed by atoms with Crippen LogP contribution in [0.1, 0.15) is 43.6 Å². The summed E-state index contributed by atoms with van der Waals surface area (Å²) in [5.41, 5.74) is 0.584. The van der Waals surface area contributed by atoms with Crippen molar-refractivity contribution >= 4 is 12.0 Å². The predicted molar refractivity (Wildman–Crippen MR) is 92.7 cm³/mol. The molecule has 1 aromatic carbocycles. The maximum absolute atomic E-state index is 12.8. The van der Waals surface area contributed by atoms with Gasteiger partial charge in [0, 0.05) is 31.2 Å². The van der Waals surface area contributed by atoms with Crippen LogP contribution in [0.4, 0.5) is 4.79 Å². The molecule has 0 aliphatic carbocycles.